The molecule has 0 aromatic rings. The summed E-state index contributed by atoms with van der Waals surface area (Å²) >= 11 is 0. The second-order valence-electron chi connectivity index (χ2n) is 3.20. The van der Waals surface area contributed by atoms with E-state index in [-0.39, 0.29) is 32.0 Å². The standard InChI is InChI=1S/C6H13BO6/c8-1-5-3-10-7(12-5)11-4-6(2-9)13-7/h5-6,8-9,12H,1-4H2. The van der Waals surface area contributed by atoms with Gasteiger partial charge in [-0.25, -0.2) is 0 Å². The third-order valence-corrected chi connectivity index (χ3v) is 2.16. The molecule has 2 aliphatic rings. The zero-order chi connectivity index (χ0) is 9.31. The summed E-state index contributed by atoms with van der Waals surface area (Å²) in [6.45, 7) is -1.59. The Balaban J connectivity index is 1.93. The predicted molar refractivity (Wildman–Crippen MR) is 42.7 cm³/mol. The highest BCUT2D eigenvalue weighted by atomic mass is 16.9. The van der Waals surface area contributed by atoms with E-state index in [2.05, 4.69) is 4.65 Å². The first-order valence-electron chi connectivity index (χ1n) is 4.30. The van der Waals surface area contributed by atoms with Crippen LogP contribution in [0, 0.1) is 0 Å². The van der Waals surface area contributed by atoms with E-state index in [0.717, 1.165) is 0 Å². The Labute approximate surface area is 75.4 Å². The molecule has 2 fully saturated rings. The van der Waals surface area contributed by atoms with Gasteiger partial charge in [-0.1, -0.05) is 0 Å². The molecule has 2 aliphatic heterocycles. The van der Waals surface area contributed by atoms with Crippen molar-refractivity contribution < 1.29 is 28.8 Å². The van der Waals surface area contributed by atoms with Crippen LogP contribution in [0.2, 0.25) is 0 Å². The van der Waals surface area contributed by atoms with Crippen molar-refractivity contribution in [3.05, 3.63) is 0 Å². The third-order valence-electron chi connectivity index (χ3n) is 2.16. The molecule has 0 amide bonds. The van der Waals surface area contributed by atoms with Crippen LogP contribution in [0.5, 0.6) is 0 Å². The van der Waals surface area contributed by atoms with E-state index in [0.29, 0.717) is 6.61 Å². The first kappa shape index (κ1) is 9.38. The van der Waals surface area contributed by atoms with E-state index in [4.69, 9.17) is 24.2 Å². The molecule has 0 aliphatic carbocycles. The lowest BCUT2D eigenvalue weighted by Gasteiger charge is -2.21. The summed E-state index contributed by atoms with van der Waals surface area (Å²) in [5.74, 6) is 0. The minimum Gasteiger partial charge on any atom is -0.599 e. The molecule has 0 radical (unpaired) electrons. The largest absolute Gasteiger partial charge is 0.730 e. The zero-order valence-electron chi connectivity index (χ0n) is 7.13. The lowest BCUT2D eigenvalue weighted by atomic mass is 10.1. The molecular formula is C6H13BO6. The van der Waals surface area contributed by atoms with E-state index in [1.165, 1.54) is 0 Å². The highest BCUT2D eigenvalue weighted by Crippen LogP contribution is 2.25. The molecule has 7 heteroatoms. The zero-order valence-corrected chi connectivity index (χ0v) is 7.13. The van der Waals surface area contributed by atoms with Crippen LogP contribution in [0.3, 0.4) is 0 Å². The molecule has 2 rings (SSSR count). The molecule has 76 valence electrons. The van der Waals surface area contributed by atoms with Gasteiger partial charge in [-0.2, -0.15) is 0 Å². The summed E-state index contributed by atoms with van der Waals surface area (Å²) in [4.78, 5) is 0. The smallest absolute Gasteiger partial charge is 0.599 e. The molecule has 0 saturated carbocycles. The van der Waals surface area contributed by atoms with E-state index < -0.39 is 6.96 Å². The monoisotopic (exact) mass is 192 g/mol. The summed E-state index contributed by atoms with van der Waals surface area (Å²) in [5.41, 5.74) is 0. The van der Waals surface area contributed by atoms with Gasteiger partial charge in [0.2, 0.25) is 0 Å². The van der Waals surface area contributed by atoms with Gasteiger partial charge in [0.1, 0.15) is 6.61 Å². The van der Waals surface area contributed by atoms with Gasteiger partial charge in [0.25, 0.3) is 0 Å². The maximum absolute atomic E-state index is 8.81. The molecule has 0 aromatic carbocycles. The van der Waals surface area contributed by atoms with Crippen molar-refractivity contribution in [2.75, 3.05) is 26.4 Å². The molecule has 1 spiro atoms. The molecule has 0 bridgehead atoms. The molecule has 3 unspecified atom stereocenters. The maximum atomic E-state index is 8.81. The van der Waals surface area contributed by atoms with E-state index in [1.807, 2.05) is 0 Å². The first-order valence-corrected chi connectivity index (χ1v) is 4.30. The maximum Gasteiger partial charge on any atom is 0.730 e. The Bertz CT molecular complexity index is 168. The van der Waals surface area contributed by atoms with Crippen LogP contribution in [-0.2, 0) is 14.0 Å². The fourth-order valence-electron chi connectivity index (χ4n) is 1.49. The Hall–Kier alpha value is -0.175. The van der Waals surface area contributed by atoms with Crippen molar-refractivity contribution in [3.63, 3.8) is 0 Å². The molecule has 6 nitrogen and oxygen atoms in total. The number of aliphatic hydroxyl groups is 3. The first-order chi connectivity index (χ1) is 6.28. The molecule has 3 atom stereocenters. The summed E-state index contributed by atoms with van der Waals surface area (Å²) in [6, 6.07) is 0. The van der Waals surface area contributed by atoms with Crippen molar-refractivity contribution in [1.82, 2.24) is 0 Å². The van der Waals surface area contributed by atoms with Gasteiger partial charge in [-0.3, -0.25) is 0 Å². The van der Waals surface area contributed by atoms with Crippen molar-refractivity contribution in [2.24, 2.45) is 0 Å². The average Bonchev–Trinajstić information content (AvgIpc) is 2.74. The van der Waals surface area contributed by atoms with Crippen LogP contribution in [0.4, 0.5) is 0 Å². The second kappa shape index (κ2) is 3.53. The highest BCUT2D eigenvalue weighted by Gasteiger charge is 2.55. The lowest BCUT2D eigenvalue weighted by molar-refractivity contribution is -0.0450. The normalized spacial score (nSPS) is 44.8. The number of aliphatic hydroxyl groups excluding tert-OH is 2. The molecule has 2 saturated heterocycles. The van der Waals surface area contributed by atoms with Gasteiger partial charge in [-0.15, -0.1) is 0 Å². The Morgan fingerprint density at radius 3 is 2.54 bits per heavy atom. The molecule has 0 aromatic heterocycles. The number of rotatable bonds is 2. The van der Waals surface area contributed by atoms with Gasteiger partial charge in [0.05, 0.1) is 19.3 Å². The summed E-state index contributed by atoms with van der Waals surface area (Å²) in [7, 11) is 0. The Morgan fingerprint density at radius 2 is 2.00 bits per heavy atom. The Kier molecular flexibility index (Phi) is 2.54. The van der Waals surface area contributed by atoms with Gasteiger partial charge >= 0.3 is 6.96 Å². The quantitative estimate of drug-likeness (QED) is 0.381. The topological polar surface area (TPSA) is 81.0 Å². The van der Waals surface area contributed by atoms with Crippen LogP contribution in [0.1, 0.15) is 0 Å². The SMILES string of the molecule is OCC1CO[B-]2(OCC(CO)[OH+]2)O1. The van der Waals surface area contributed by atoms with Crippen LogP contribution in [0.15, 0.2) is 0 Å². The van der Waals surface area contributed by atoms with Crippen molar-refractivity contribution >= 4 is 6.96 Å². The molecule has 13 heavy (non-hydrogen) atoms. The van der Waals surface area contributed by atoms with Gasteiger partial charge in [0.15, 0.2) is 6.10 Å². The predicted octanol–water partition coefficient (Wildman–Crippen LogP) is -2.25. The van der Waals surface area contributed by atoms with Crippen LogP contribution in [-0.4, -0.2) is 60.5 Å². The van der Waals surface area contributed by atoms with E-state index in [9.17, 15) is 0 Å². The highest BCUT2D eigenvalue weighted by molar-refractivity contribution is 6.53. The van der Waals surface area contributed by atoms with E-state index in [1.54, 1.807) is 0 Å². The molecular weight excluding hydrogens is 179 g/mol. The summed E-state index contributed by atoms with van der Waals surface area (Å²) < 4.78 is 19.8. The van der Waals surface area contributed by atoms with Gasteiger partial charge in [0, 0.05) is 6.61 Å². The summed E-state index contributed by atoms with van der Waals surface area (Å²) in [6.07, 6.45) is -0.626. The fourth-order valence-corrected chi connectivity index (χ4v) is 1.49. The summed E-state index contributed by atoms with van der Waals surface area (Å²) in [5, 5.41) is 17.6. The van der Waals surface area contributed by atoms with Crippen molar-refractivity contribution in [2.45, 2.75) is 12.2 Å². The Morgan fingerprint density at radius 1 is 1.23 bits per heavy atom. The van der Waals surface area contributed by atoms with Gasteiger partial charge in [-0.05, 0) is 0 Å². The number of hydrogen-bond donors (Lipinski definition) is 2. The van der Waals surface area contributed by atoms with E-state index >= 15 is 0 Å². The third kappa shape index (κ3) is 1.71. The van der Waals surface area contributed by atoms with Gasteiger partial charge < -0.3 is 28.8 Å². The lowest BCUT2D eigenvalue weighted by Crippen LogP contribution is -2.44. The van der Waals surface area contributed by atoms with Crippen molar-refractivity contribution in [1.29, 1.82) is 0 Å². The fraction of sp³-hybridized carbons (Fsp3) is 1.00. The van der Waals surface area contributed by atoms with Crippen molar-refractivity contribution in [3.8, 4) is 0 Å². The number of hydrogen-bond acceptors (Lipinski definition) is 5. The average molecular weight is 192 g/mol. The minimum atomic E-state index is -2.02. The van der Waals surface area contributed by atoms with Crippen LogP contribution in [0.25, 0.3) is 0 Å². The van der Waals surface area contributed by atoms with Crippen LogP contribution >= 0.6 is 0 Å². The molecule has 2 heterocycles. The van der Waals surface area contributed by atoms with Crippen LogP contribution < -0.4 is 0 Å². The second-order valence-corrected chi connectivity index (χ2v) is 3.20. The molecule has 3 N–H and O–H groups in total. The minimum absolute atomic E-state index is 0.0694.